The second-order valence-electron chi connectivity index (χ2n) is 6.04. The maximum absolute atomic E-state index is 5.78. The van der Waals surface area contributed by atoms with E-state index >= 15 is 0 Å². The third kappa shape index (κ3) is 3.47. The molecule has 0 bridgehead atoms. The number of nitrogen functional groups attached to an aromatic ring is 1. The highest BCUT2D eigenvalue weighted by Crippen LogP contribution is 2.22. The molecule has 1 heterocycles. The molecule has 4 heteroatoms. The monoisotopic (exact) mass is 309 g/mol. The number of hydrogen-bond acceptors (Lipinski definition) is 3. The molecule has 2 aromatic carbocycles. The first-order valence-corrected chi connectivity index (χ1v) is 8.08. The Morgan fingerprint density at radius 3 is 2.74 bits per heavy atom. The zero-order valence-electron chi connectivity index (χ0n) is 13.7. The molecule has 0 aliphatic carbocycles. The van der Waals surface area contributed by atoms with Crippen LogP contribution in [0.4, 0.5) is 5.69 Å². The lowest BCUT2D eigenvalue weighted by atomic mass is 10.2. The third-order valence-electron chi connectivity index (χ3n) is 3.85. The number of para-hydroxylation sites is 2. The average molecular weight is 309 g/mol. The number of ether oxygens (including phenoxy) is 1. The summed E-state index contributed by atoms with van der Waals surface area (Å²) >= 11 is 0. The van der Waals surface area contributed by atoms with Crippen molar-refractivity contribution in [3.8, 4) is 5.75 Å². The Hall–Kier alpha value is -2.49. The van der Waals surface area contributed by atoms with Crippen molar-refractivity contribution in [1.29, 1.82) is 0 Å². The molecule has 0 fully saturated rings. The van der Waals surface area contributed by atoms with Gasteiger partial charge in [0.25, 0.3) is 0 Å². The number of imidazole rings is 1. The van der Waals surface area contributed by atoms with Crippen LogP contribution in [0.3, 0.4) is 0 Å². The normalized spacial score (nSPS) is 11.3. The first-order chi connectivity index (χ1) is 11.1. The van der Waals surface area contributed by atoms with E-state index in [9.17, 15) is 0 Å². The number of hydrogen-bond donors (Lipinski definition) is 1. The van der Waals surface area contributed by atoms with E-state index in [1.54, 1.807) is 0 Å². The van der Waals surface area contributed by atoms with Gasteiger partial charge in [-0.2, -0.15) is 0 Å². The van der Waals surface area contributed by atoms with Crippen LogP contribution < -0.4 is 10.5 Å². The number of fused-ring (bicyclic) bond motifs is 1. The number of aryl methyl sites for hydroxylation is 1. The predicted octanol–water partition coefficient (Wildman–Crippen LogP) is 4.21. The number of aromatic nitrogens is 2. The van der Waals surface area contributed by atoms with Crippen LogP contribution in [0.2, 0.25) is 0 Å². The Kier molecular flexibility index (Phi) is 4.51. The van der Waals surface area contributed by atoms with E-state index in [0.717, 1.165) is 35.7 Å². The summed E-state index contributed by atoms with van der Waals surface area (Å²) in [5.74, 6) is 2.36. The zero-order chi connectivity index (χ0) is 16.2. The third-order valence-corrected chi connectivity index (χ3v) is 3.85. The van der Waals surface area contributed by atoms with Gasteiger partial charge in [-0.1, -0.05) is 32.0 Å². The van der Waals surface area contributed by atoms with Crippen molar-refractivity contribution in [3.63, 3.8) is 0 Å². The molecule has 1 aromatic heterocycles. The SMILES string of the molecule is CC(C)c1nc2ccccc2n1CCCOc1cccc(N)c1. The van der Waals surface area contributed by atoms with Crippen LogP contribution in [0.5, 0.6) is 5.75 Å². The summed E-state index contributed by atoms with van der Waals surface area (Å²) in [6, 6.07) is 15.9. The zero-order valence-corrected chi connectivity index (χ0v) is 13.7. The quantitative estimate of drug-likeness (QED) is 0.548. The molecule has 3 aromatic rings. The van der Waals surface area contributed by atoms with Crippen molar-refractivity contribution < 1.29 is 4.74 Å². The summed E-state index contributed by atoms with van der Waals surface area (Å²) in [5.41, 5.74) is 8.75. The molecular formula is C19H23N3O. The molecule has 0 saturated carbocycles. The first kappa shape index (κ1) is 15.4. The molecule has 2 N–H and O–H groups in total. The van der Waals surface area contributed by atoms with Gasteiger partial charge in [0.15, 0.2) is 0 Å². The molecule has 4 nitrogen and oxygen atoms in total. The van der Waals surface area contributed by atoms with Crippen LogP contribution in [-0.4, -0.2) is 16.2 Å². The summed E-state index contributed by atoms with van der Waals surface area (Å²) in [4.78, 5) is 4.77. The number of nitrogens with zero attached hydrogens (tertiary/aromatic N) is 2. The topological polar surface area (TPSA) is 53.1 Å². The number of benzene rings is 2. The van der Waals surface area contributed by atoms with Crippen LogP contribution in [-0.2, 0) is 6.54 Å². The molecule has 0 aliphatic heterocycles. The van der Waals surface area contributed by atoms with Crippen molar-refractivity contribution in [2.24, 2.45) is 0 Å². The van der Waals surface area contributed by atoms with E-state index in [0.29, 0.717) is 12.5 Å². The lowest BCUT2D eigenvalue weighted by Gasteiger charge is -2.12. The summed E-state index contributed by atoms with van der Waals surface area (Å²) in [6.45, 7) is 5.92. The summed E-state index contributed by atoms with van der Waals surface area (Å²) < 4.78 is 8.09. The fraction of sp³-hybridized carbons (Fsp3) is 0.316. The van der Waals surface area contributed by atoms with Gasteiger partial charge in [-0.15, -0.1) is 0 Å². The molecule has 23 heavy (non-hydrogen) atoms. The Morgan fingerprint density at radius 1 is 1.13 bits per heavy atom. The van der Waals surface area contributed by atoms with Gasteiger partial charge in [-0.25, -0.2) is 4.98 Å². The van der Waals surface area contributed by atoms with E-state index in [-0.39, 0.29) is 0 Å². The Labute approximate surface area is 136 Å². The van der Waals surface area contributed by atoms with Crippen LogP contribution in [0.15, 0.2) is 48.5 Å². The molecule has 0 spiro atoms. The van der Waals surface area contributed by atoms with Crippen molar-refractivity contribution in [1.82, 2.24) is 9.55 Å². The van der Waals surface area contributed by atoms with E-state index in [1.165, 1.54) is 5.52 Å². The number of rotatable bonds is 6. The van der Waals surface area contributed by atoms with Gasteiger partial charge < -0.3 is 15.0 Å². The lowest BCUT2D eigenvalue weighted by Crippen LogP contribution is -2.09. The van der Waals surface area contributed by atoms with Crippen molar-refractivity contribution in [3.05, 3.63) is 54.4 Å². The summed E-state index contributed by atoms with van der Waals surface area (Å²) in [5, 5.41) is 0. The molecule has 0 saturated heterocycles. The molecule has 0 atom stereocenters. The summed E-state index contributed by atoms with van der Waals surface area (Å²) in [6.07, 6.45) is 0.925. The van der Waals surface area contributed by atoms with Gasteiger partial charge in [-0.3, -0.25) is 0 Å². The predicted molar refractivity (Wildman–Crippen MR) is 94.8 cm³/mol. The molecule has 0 amide bonds. The smallest absolute Gasteiger partial charge is 0.121 e. The molecule has 3 rings (SSSR count). The standard InChI is InChI=1S/C19H23N3O/c1-14(2)19-21-17-9-3-4-10-18(17)22(19)11-6-12-23-16-8-5-7-15(20)13-16/h3-5,7-10,13-14H,6,11-12,20H2,1-2H3. The van der Waals surface area contributed by atoms with E-state index in [1.807, 2.05) is 30.3 Å². The van der Waals surface area contributed by atoms with Crippen molar-refractivity contribution >= 4 is 16.7 Å². The van der Waals surface area contributed by atoms with Gasteiger partial charge in [0.1, 0.15) is 11.6 Å². The average Bonchev–Trinajstić information content (AvgIpc) is 2.91. The van der Waals surface area contributed by atoms with Gasteiger partial charge >= 0.3 is 0 Å². The maximum atomic E-state index is 5.78. The minimum absolute atomic E-state index is 0.400. The Morgan fingerprint density at radius 2 is 1.96 bits per heavy atom. The van der Waals surface area contributed by atoms with Gasteiger partial charge in [0.2, 0.25) is 0 Å². The summed E-state index contributed by atoms with van der Waals surface area (Å²) in [7, 11) is 0. The highest BCUT2D eigenvalue weighted by molar-refractivity contribution is 5.76. The van der Waals surface area contributed by atoms with Gasteiger partial charge in [-0.05, 0) is 30.7 Å². The Balaban J connectivity index is 1.68. The van der Waals surface area contributed by atoms with E-state index in [4.69, 9.17) is 15.5 Å². The van der Waals surface area contributed by atoms with Crippen LogP contribution >= 0.6 is 0 Å². The highest BCUT2D eigenvalue weighted by Gasteiger charge is 2.12. The minimum Gasteiger partial charge on any atom is -0.493 e. The molecule has 0 aliphatic rings. The molecule has 0 unspecified atom stereocenters. The van der Waals surface area contributed by atoms with Crippen LogP contribution in [0.25, 0.3) is 11.0 Å². The lowest BCUT2D eigenvalue weighted by molar-refractivity contribution is 0.301. The molecule has 120 valence electrons. The molecular weight excluding hydrogens is 286 g/mol. The molecule has 0 radical (unpaired) electrons. The van der Waals surface area contributed by atoms with Crippen LogP contribution in [0.1, 0.15) is 32.0 Å². The Bertz CT molecular complexity index is 792. The second kappa shape index (κ2) is 6.73. The largest absolute Gasteiger partial charge is 0.493 e. The number of anilines is 1. The fourth-order valence-corrected chi connectivity index (χ4v) is 2.79. The van der Waals surface area contributed by atoms with E-state index < -0.39 is 0 Å². The fourth-order valence-electron chi connectivity index (χ4n) is 2.79. The minimum atomic E-state index is 0.400. The first-order valence-electron chi connectivity index (χ1n) is 8.08. The highest BCUT2D eigenvalue weighted by atomic mass is 16.5. The van der Waals surface area contributed by atoms with Gasteiger partial charge in [0.05, 0.1) is 17.6 Å². The maximum Gasteiger partial charge on any atom is 0.121 e. The second-order valence-corrected chi connectivity index (χ2v) is 6.04. The van der Waals surface area contributed by atoms with Crippen molar-refractivity contribution in [2.45, 2.75) is 32.7 Å². The van der Waals surface area contributed by atoms with Gasteiger partial charge in [0, 0.05) is 24.2 Å². The number of nitrogens with two attached hydrogens (primary N) is 1. The van der Waals surface area contributed by atoms with E-state index in [2.05, 4.69) is 36.6 Å². The van der Waals surface area contributed by atoms with Crippen LogP contribution in [0, 0.1) is 0 Å². The van der Waals surface area contributed by atoms with Crippen molar-refractivity contribution in [2.75, 3.05) is 12.3 Å².